The maximum atomic E-state index is 12.6. The molecule has 1 heterocycles. The van der Waals surface area contributed by atoms with Gasteiger partial charge in [0.15, 0.2) is 11.5 Å². The Morgan fingerprint density at radius 3 is 2.64 bits per heavy atom. The third-order valence-electron chi connectivity index (χ3n) is 5.68. The highest BCUT2D eigenvalue weighted by Gasteiger charge is 2.63. The van der Waals surface area contributed by atoms with E-state index in [-0.39, 0.29) is 23.8 Å². The summed E-state index contributed by atoms with van der Waals surface area (Å²) < 4.78 is 7.07. The molecule has 1 fully saturated rings. The second kappa shape index (κ2) is 6.61. The first-order valence-corrected chi connectivity index (χ1v) is 9.25. The minimum atomic E-state index is -1.22. The van der Waals surface area contributed by atoms with Crippen molar-refractivity contribution in [3.05, 3.63) is 53.7 Å². The van der Waals surface area contributed by atoms with E-state index in [9.17, 15) is 15.6 Å². The zero-order chi connectivity index (χ0) is 19.9. The van der Waals surface area contributed by atoms with Crippen molar-refractivity contribution < 1.29 is 14.3 Å². The fraction of sp³-hybridized carbons (Fsp3) is 0.381. The topological polar surface area (TPSA) is 113 Å². The monoisotopic (exact) mass is 373 g/mol. The molecule has 3 atom stereocenters. The van der Waals surface area contributed by atoms with E-state index in [4.69, 9.17) is 4.52 Å². The summed E-state index contributed by atoms with van der Waals surface area (Å²) in [7, 11) is 0. The first-order valence-electron chi connectivity index (χ1n) is 9.25. The molecule has 2 aliphatic carbocycles. The Morgan fingerprint density at radius 1 is 1.29 bits per heavy atom. The lowest BCUT2D eigenvalue weighted by molar-refractivity contribution is -0.786. The van der Waals surface area contributed by atoms with E-state index in [1.165, 1.54) is 0 Å². The number of aromatic nitrogens is 2. The van der Waals surface area contributed by atoms with Crippen LogP contribution in [0.2, 0.25) is 0 Å². The Labute approximate surface area is 162 Å². The summed E-state index contributed by atoms with van der Waals surface area (Å²) in [5.74, 6) is -0.968. The van der Waals surface area contributed by atoms with Gasteiger partial charge in [0.25, 0.3) is 5.69 Å². The summed E-state index contributed by atoms with van der Waals surface area (Å²) in [6.45, 7) is 3.86. The Kier molecular flexibility index (Phi) is 4.24. The number of fused-ring (bicyclic) bond motifs is 2. The third-order valence-corrected chi connectivity index (χ3v) is 5.68. The highest BCUT2D eigenvalue weighted by Crippen LogP contribution is 2.60. The zero-order valence-electron chi connectivity index (χ0n) is 15.6. The molecule has 0 aliphatic heterocycles. The number of allylic oxidation sites excluding steroid dienone is 2. The van der Waals surface area contributed by atoms with Gasteiger partial charge in [0.05, 0.1) is 18.1 Å². The Balaban J connectivity index is 1.88. The largest absolute Gasteiger partial charge is 0.858 e. The number of hydrogen-bond donors (Lipinski definition) is 0. The first kappa shape index (κ1) is 17.9. The van der Waals surface area contributed by atoms with Gasteiger partial charge in [-0.15, -0.1) is 0 Å². The van der Waals surface area contributed by atoms with Gasteiger partial charge in [-0.05, 0) is 28.5 Å². The van der Waals surface area contributed by atoms with Crippen LogP contribution >= 0.6 is 0 Å². The van der Waals surface area contributed by atoms with E-state index in [1.807, 2.05) is 32.1 Å². The van der Waals surface area contributed by atoms with Crippen LogP contribution in [0.5, 0.6) is 0 Å². The molecule has 140 valence electrons. The van der Waals surface area contributed by atoms with Crippen molar-refractivity contribution in [1.82, 2.24) is 5.27 Å². The van der Waals surface area contributed by atoms with Crippen LogP contribution < -0.4 is 9.79 Å². The Morgan fingerprint density at radius 2 is 2.00 bits per heavy atom. The number of hydrogen-bond acceptors (Lipinski definition) is 6. The molecule has 0 N–H and O–H groups in total. The lowest BCUT2D eigenvalue weighted by Crippen LogP contribution is -2.46. The molecule has 2 bridgehead atoms. The Bertz CT molecular complexity index is 1020. The smallest absolute Gasteiger partial charge is 0.324 e. The summed E-state index contributed by atoms with van der Waals surface area (Å²) in [6.07, 6.45) is 4.72. The number of nitriles is 2. The molecule has 0 spiro atoms. The second-order valence-electron chi connectivity index (χ2n) is 7.55. The van der Waals surface area contributed by atoms with E-state index in [1.54, 1.807) is 28.9 Å². The first-order chi connectivity index (χ1) is 13.5. The van der Waals surface area contributed by atoms with Crippen LogP contribution in [0.3, 0.4) is 0 Å². The standard InChI is InChI=1S/C21H19N5O2/c1-13(2)26-18(17-15-8-9-16(10-15)21(17,11-22)12-23)20(28-25-26)24-19(27)14-6-4-3-5-7-14/h3-9,13,15-17H,10H2,1-2H3. The van der Waals surface area contributed by atoms with Crippen LogP contribution in [0, 0.1) is 39.9 Å². The fourth-order valence-electron chi connectivity index (χ4n) is 4.36. The van der Waals surface area contributed by atoms with Crippen LogP contribution in [0.25, 0.3) is 0 Å². The highest BCUT2D eigenvalue weighted by molar-refractivity contribution is 5.92. The van der Waals surface area contributed by atoms with Gasteiger partial charge in [-0.3, -0.25) is 4.52 Å². The highest BCUT2D eigenvalue weighted by atomic mass is 16.5. The number of aliphatic imine (C=N–C) groups is 1. The maximum Gasteiger partial charge on any atom is 0.324 e. The predicted molar refractivity (Wildman–Crippen MR) is 96.9 cm³/mol. The molecular weight excluding hydrogens is 354 g/mol. The predicted octanol–water partition coefficient (Wildman–Crippen LogP) is 2.30. The van der Waals surface area contributed by atoms with Crippen molar-refractivity contribution in [3.8, 4) is 12.1 Å². The summed E-state index contributed by atoms with van der Waals surface area (Å²) >= 11 is 0. The number of rotatable bonds is 4. The van der Waals surface area contributed by atoms with Crippen LogP contribution in [-0.2, 0) is 0 Å². The van der Waals surface area contributed by atoms with Gasteiger partial charge in [-0.2, -0.15) is 10.5 Å². The average molecular weight is 373 g/mol. The number of nitrogens with zero attached hydrogens (tertiary/aromatic N) is 5. The van der Waals surface area contributed by atoms with Crippen molar-refractivity contribution in [2.24, 2.45) is 22.2 Å². The molecule has 2 aliphatic rings. The lowest BCUT2D eigenvalue weighted by atomic mass is 9.69. The quantitative estimate of drug-likeness (QED) is 0.353. The molecule has 4 rings (SSSR count). The van der Waals surface area contributed by atoms with E-state index >= 15 is 0 Å². The molecule has 1 saturated carbocycles. The number of benzene rings is 1. The normalized spacial score (nSPS) is 25.0. The third kappa shape index (κ3) is 2.51. The van der Waals surface area contributed by atoms with Crippen LogP contribution in [0.4, 0.5) is 5.88 Å². The van der Waals surface area contributed by atoms with Gasteiger partial charge in [0.1, 0.15) is 0 Å². The van der Waals surface area contributed by atoms with Crippen molar-refractivity contribution in [2.75, 3.05) is 0 Å². The molecule has 0 saturated heterocycles. The van der Waals surface area contributed by atoms with Gasteiger partial charge in [-0.25, -0.2) is 4.99 Å². The molecule has 0 radical (unpaired) electrons. The molecule has 3 unspecified atom stereocenters. The molecule has 7 nitrogen and oxygen atoms in total. The van der Waals surface area contributed by atoms with Crippen LogP contribution in [-0.4, -0.2) is 11.2 Å². The Hall–Kier alpha value is -3.45. The lowest BCUT2D eigenvalue weighted by Gasteiger charge is -2.26. The minimum Gasteiger partial charge on any atom is -0.858 e. The van der Waals surface area contributed by atoms with Crippen molar-refractivity contribution in [1.29, 1.82) is 10.5 Å². The SMILES string of the molecule is CC(C)[n+]1noc(/N=C(\[O-])c2ccccc2)c1C1C2C=CC(C2)C1(C#N)C#N. The maximum absolute atomic E-state index is 12.6. The molecule has 1 aromatic carbocycles. The van der Waals surface area contributed by atoms with Crippen molar-refractivity contribution >= 4 is 11.8 Å². The fourth-order valence-corrected chi connectivity index (χ4v) is 4.36. The summed E-state index contributed by atoms with van der Waals surface area (Å²) in [4.78, 5) is 4.16. The second-order valence-corrected chi connectivity index (χ2v) is 7.55. The molecular formula is C21H19N5O2. The van der Waals surface area contributed by atoms with E-state index in [0.717, 1.165) is 6.42 Å². The average Bonchev–Trinajstić information content (AvgIpc) is 3.41. The van der Waals surface area contributed by atoms with Crippen molar-refractivity contribution in [3.63, 3.8) is 0 Å². The van der Waals surface area contributed by atoms with Crippen LogP contribution in [0.1, 0.15) is 43.5 Å². The minimum absolute atomic E-state index is 0.00878. The zero-order valence-corrected chi connectivity index (χ0v) is 15.6. The van der Waals surface area contributed by atoms with Crippen LogP contribution in [0.15, 0.2) is 52.0 Å². The van der Waals surface area contributed by atoms with Gasteiger partial charge in [-0.1, -0.05) is 42.5 Å². The molecule has 7 heteroatoms. The van der Waals surface area contributed by atoms with Gasteiger partial charge >= 0.3 is 5.88 Å². The van der Waals surface area contributed by atoms with Gasteiger partial charge < -0.3 is 5.11 Å². The van der Waals surface area contributed by atoms with E-state index in [0.29, 0.717) is 11.3 Å². The summed E-state index contributed by atoms with van der Waals surface area (Å²) in [5.41, 5.74) is -0.248. The molecule has 1 aromatic heterocycles. The van der Waals surface area contributed by atoms with E-state index < -0.39 is 17.2 Å². The molecule has 0 amide bonds. The van der Waals surface area contributed by atoms with Crippen molar-refractivity contribution in [2.45, 2.75) is 32.2 Å². The summed E-state index contributed by atoms with van der Waals surface area (Å²) in [5, 5.41) is 36.5. The van der Waals surface area contributed by atoms with Gasteiger partial charge in [0.2, 0.25) is 5.27 Å². The summed E-state index contributed by atoms with van der Waals surface area (Å²) in [6, 6.07) is 13.1. The molecule has 28 heavy (non-hydrogen) atoms. The molecule has 2 aromatic rings. The van der Waals surface area contributed by atoms with E-state index in [2.05, 4.69) is 22.4 Å². The van der Waals surface area contributed by atoms with Gasteiger partial charge in [0, 0.05) is 19.8 Å².